The van der Waals surface area contributed by atoms with Crippen molar-refractivity contribution in [3.63, 3.8) is 0 Å². The second-order valence-corrected chi connectivity index (χ2v) is 6.50. The maximum atomic E-state index is 13.7. The molecule has 7 heteroatoms. The number of aromatic nitrogens is 2. The third-order valence-corrected chi connectivity index (χ3v) is 4.39. The number of nitrogens with one attached hydrogen (secondary N) is 1. The monoisotopic (exact) mass is 383 g/mol. The van der Waals surface area contributed by atoms with Crippen molar-refractivity contribution in [3.8, 4) is 11.3 Å². The van der Waals surface area contributed by atoms with Crippen LogP contribution in [0, 0.1) is 18.6 Å². The minimum absolute atomic E-state index is 0.123. The lowest BCUT2D eigenvalue weighted by Gasteiger charge is -2.15. The first-order valence-electron chi connectivity index (χ1n) is 8.73. The summed E-state index contributed by atoms with van der Waals surface area (Å²) in [5, 5.41) is 6.85. The molecule has 0 bridgehead atoms. The van der Waals surface area contributed by atoms with Crippen LogP contribution >= 0.6 is 0 Å². The maximum Gasteiger partial charge on any atom is 0.267 e. The second-order valence-electron chi connectivity index (χ2n) is 6.50. The first kappa shape index (κ1) is 19.4. The van der Waals surface area contributed by atoms with Gasteiger partial charge in [0, 0.05) is 29.8 Å². The molecule has 28 heavy (non-hydrogen) atoms. The van der Waals surface area contributed by atoms with Crippen LogP contribution in [0.3, 0.4) is 0 Å². The summed E-state index contributed by atoms with van der Waals surface area (Å²) < 4.78 is 27.8. The number of hydrogen-bond acceptors (Lipinski definition) is 3. The standard InChI is InChI=1S/C21H19F2N3O2/c1-13-3-5-15(6-4-13)19-9-10-20(27)26(25-19)14(2)21(28)24-12-16-7-8-17(22)11-18(16)23/h3-11,14H,12H2,1-2H3,(H,24,28). The van der Waals surface area contributed by atoms with E-state index in [0.29, 0.717) is 5.69 Å². The van der Waals surface area contributed by atoms with Crippen molar-refractivity contribution < 1.29 is 13.6 Å². The van der Waals surface area contributed by atoms with Crippen molar-refractivity contribution in [1.82, 2.24) is 15.1 Å². The van der Waals surface area contributed by atoms with Crippen LogP contribution in [0.4, 0.5) is 8.78 Å². The molecule has 1 aromatic heterocycles. The molecule has 0 saturated carbocycles. The van der Waals surface area contributed by atoms with Crippen molar-refractivity contribution in [3.05, 3.63) is 87.7 Å². The molecular weight excluding hydrogens is 364 g/mol. The van der Waals surface area contributed by atoms with Gasteiger partial charge in [-0.05, 0) is 26.0 Å². The van der Waals surface area contributed by atoms with Crippen molar-refractivity contribution in [2.45, 2.75) is 26.4 Å². The summed E-state index contributed by atoms with van der Waals surface area (Å²) in [6, 6.07) is 12.8. The highest BCUT2D eigenvalue weighted by Crippen LogP contribution is 2.17. The third kappa shape index (κ3) is 4.31. The first-order chi connectivity index (χ1) is 13.3. The van der Waals surface area contributed by atoms with Gasteiger partial charge in [-0.15, -0.1) is 0 Å². The summed E-state index contributed by atoms with van der Waals surface area (Å²) in [7, 11) is 0. The molecule has 0 fully saturated rings. The minimum atomic E-state index is -0.901. The zero-order chi connectivity index (χ0) is 20.3. The first-order valence-corrected chi connectivity index (χ1v) is 8.73. The Labute approximate surface area is 160 Å². The molecule has 2 aromatic carbocycles. The Bertz CT molecular complexity index is 1060. The average Bonchev–Trinajstić information content (AvgIpc) is 2.67. The molecule has 1 unspecified atom stereocenters. The smallest absolute Gasteiger partial charge is 0.267 e. The topological polar surface area (TPSA) is 64.0 Å². The summed E-state index contributed by atoms with van der Waals surface area (Å²) in [5.41, 5.74) is 2.20. The summed E-state index contributed by atoms with van der Waals surface area (Å²) in [6.07, 6.45) is 0. The van der Waals surface area contributed by atoms with E-state index in [4.69, 9.17) is 0 Å². The van der Waals surface area contributed by atoms with E-state index in [1.165, 1.54) is 19.1 Å². The Balaban J connectivity index is 1.78. The predicted molar refractivity (Wildman–Crippen MR) is 102 cm³/mol. The number of nitrogens with zero attached hydrogens (tertiary/aromatic N) is 2. The Morgan fingerprint density at radius 1 is 1.11 bits per heavy atom. The van der Waals surface area contributed by atoms with Gasteiger partial charge in [0.25, 0.3) is 5.56 Å². The van der Waals surface area contributed by atoms with Gasteiger partial charge in [0.1, 0.15) is 17.7 Å². The van der Waals surface area contributed by atoms with Crippen LogP contribution in [0.2, 0.25) is 0 Å². The average molecular weight is 383 g/mol. The highest BCUT2D eigenvalue weighted by molar-refractivity contribution is 5.79. The Morgan fingerprint density at radius 3 is 2.50 bits per heavy atom. The van der Waals surface area contributed by atoms with Gasteiger partial charge in [0.05, 0.1) is 5.69 Å². The van der Waals surface area contributed by atoms with Gasteiger partial charge in [-0.2, -0.15) is 5.10 Å². The molecule has 1 heterocycles. The highest BCUT2D eigenvalue weighted by Gasteiger charge is 2.18. The number of hydrogen-bond donors (Lipinski definition) is 1. The molecule has 1 amide bonds. The number of benzene rings is 2. The fraction of sp³-hybridized carbons (Fsp3) is 0.190. The maximum absolute atomic E-state index is 13.7. The van der Waals surface area contributed by atoms with Crippen LogP contribution in [0.15, 0.2) is 59.4 Å². The van der Waals surface area contributed by atoms with Crippen LogP contribution in [-0.2, 0) is 11.3 Å². The normalized spacial score (nSPS) is 11.9. The summed E-state index contributed by atoms with van der Waals surface area (Å²) in [4.78, 5) is 24.6. The van der Waals surface area contributed by atoms with E-state index in [1.54, 1.807) is 6.07 Å². The Morgan fingerprint density at radius 2 is 1.82 bits per heavy atom. The molecule has 144 valence electrons. The van der Waals surface area contributed by atoms with E-state index in [9.17, 15) is 18.4 Å². The van der Waals surface area contributed by atoms with Crippen LogP contribution in [0.5, 0.6) is 0 Å². The van der Waals surface area contributed by atoms with Gasteiger partial charge in [0.15, 0.2) is 0 Å². The Kier molecular flexibility index (Phi) is 5.63. The van der Waals surface area contributed by atoms with Crippen molar-refractivity contribution in [2.75, 3.05) is 0 Å². The number of carbonyl (C=O) groups excluding carboxylic acids is 1. The number of halogens is 2. The molecule has 1 N–H and O–H groups in total. The van der Waals surface area contributed by atoms with E-state index >= 15 is 0 Å². The van der Waals surface area contributed by atoms with Crippen LogP contribution in [0.25, 0.3) is 11.3 Å². The SMILES string of the molecule is Cc1ccc(-c2ccc(=O)n(C(C)C(=O)NCc3ccc(F)cc3F)n2)cc1. The molecule has 1 atom stereocenters. The summed E-state index contributed by atoms with van der Waals surface area (Å²) >= 11 is 0. The molecule has 5 nitrogen and oxygen atoms in total. The fourth-order valence-corrected chi connectivity index (χ4v) is 2.69. The lowest BCUT2D eigenvalue weighted by molar-refractivity contribution is -0.124. The molecular formula is C21H19F2N3O2. The van der Waals surface area contributed by atoms with Crippen LogP contribution in [-0.4, -0.2) is 15.7 Å². The molecule has 0 aliphatic rings. The molecule has 0 spiro atoms. The van der Waals surface area contributed by atoms with Crippen LogP contribution < -0.4 is 10.9 Å². The van der Waals surface area contributed by atoms with E-state index in [1.807, 2.05) is 31.2 Å². The number of rotatable bonds is 5. The third-order valence-electron chi connectivity index (χ3n) is 4.39. The summed E-state index contributed by atoms with van der Waals surface area (Å²) in [5.74, 6) is -1.94. The van der Waals surface area contributed by atoms with Crippen molar-refractivity contribution in [1.29, 1.82) is 0 Å². The van der Waals surface area contributed by atoms with E-state index in [2.05, 4.69) is 10.4 Å². The molecule has 3 rings (SSSR count). The van der Waals surface area contributed by atoms with Gasteiger partial charge in [0.2, 0.25) is 5.91 Å². The molecule has 0 radical (unpaired) electrons. The van der Waals surface area contributed by atoms with Gasteiger partial charge >= 0.3 is 0 Å². The molecule has 0 saturated heterocycles. The molecule has 3 aromatic rings. The molecule has 0 aliphatic heterocycles. The summed E-state index contributed by atoms with van der Waals surface area (Å²) in [6.45, 7) is 3.37. The Hall–Kier alpha value is -3.35. The van der Waals surface area contributed by atoms with Gasteiger partial charge in [-0.3, -0.25) is 9.59 Å². The second kappa shape index (κ2) is 8.12. The highest BCUT2D eigenvalue weighted by atomic mass is 19.1. The van der Waals surface area contributed by atoms with Crippen LogP contribution in [0.1, 0.15) is 24.1 Å². The van der Waals surface area contributed by atoms with Gasteiger partial charge in [-0.1, -0.05) is 35.9 Å². The lowest BCUT2D eigenvalue weighted by Crippen LogP contribution is -2.36. The molecule has 0 aliphatic carbocycles. The van der Waals surface area contributed by atoms with Crippen molar-refractivity contribution in [2.24, 2.45) is 0 Å². The fourth-order valence-electron chi connectivity index (χ4n) is 2.69. The predicted octanol–water partition coefficient (Wildman–Crippen LogP) is 3.37. The van der Waals surface area contributed by atoms with E-state index < -0.39 is 29.1 Å². The number of aryl methyl sites for hydroxylation is 1. The van der Waals surface area contributed by atoms with Gasteiger partial charge in [-0.25, -0.2) is 13.5 Å². The van der Waals surface area contributed by atoms with Crippen molar-refractivity contribution >= 4 is 5.91 Å². The zero-order valence-corrected chi connectivity index (χ0v) is 15.4. The largest absolute Gasteiger partial charge is 0.350 e. The number of amides is 1. The number of carbonyl (C=O) groups is 1. The van der Waals surface area contributed by atoms with Gasteiger partial charge < -0.3 is 5.32 Å². The minimum Gasteiger partial charge on any atom is -0.350 e. The van der Waals surface area contributed by atoms with E-state index in [0.717, 1.165) is 27.9 Å². The zero-order valence-electron chi connectivity index (χ0n) is 15.4. The lowest BCUT2D eigenvalue weighted by atomic mass is 10.1. The quantitative estimate of drug-likeness (QED) is 0.735. The van der Waals surface area contributed by atoms with E-state index in [-0.39, 0.29) is 12.1 Å².